The van der Waals surface area contributed by atoms with Crippen molar-refractivity contribution in [2.45, 2.75) is 19.4 Å². The van der Waals surface area contributed by atoms with Crippen molar-refractivity contribution in [3.8, 4) is 0 Å². The lowest BCUT2D eigenvalue weighted by Gasteiger charge is -2.22. The predicted molar refractivity (Wildman–Crippen MR) is 75.3 cm³/mol. The lowest BCUT2D eigenvalue weighted by Crippen LogP contribution is -2.39. The summed E-state index contributed by atoms with van der Waals surface area (Å²) in [6.45, 7) is 3.21. The molecule has 1 unspecified atom stereocenters. The fourth-order valence-corrected chi connectivity index (χ4v) is 1.95. The summed E-state index contributed by atoms with van der Waals surface area (Å²) in [7, 11) is 0. The number of amides is 1. The second-order valence-corrected chi connectivity index (χ2v) is 4.22. The largest absolute Gasteiger partial charge is 0.354 e. The maximum atomic E-state index is 11.6. The van der Waals surface area contributed by atoms with Crippen LogP contribution in [0.25, 0.3) is 0 Å². The molecule has 1 aliphatic rings. The number of carbonyl (C=O) groups excluding carboxylic acids is 1. The Hall–Kier alpha value is -0.780. The van der Waals surface area contributed by atoms with E-state index in [9.17, 15) is 4.79 Å². The van der Waals surface area contributed by atoms with Crippen LogP contribution in [0.5, 0.6) is 0 Å². The van der Waals surface area contributed by atoms with E-state index in [1.54, 1.807) is 17.1 Å². The van der Waals surface area contributed by atoms with Gasteiger partial charge in [0, 0.05) is 18.9 Å². The first kappa shape index (κ1) is 17.2. The molecule has 104 valence electrons. The summed E-state index contributed by atoms with van der Waals surface area (Å²) in [4.78, 5) is 11.6. The van der Waals surface area contributed by atoms with Crippen LogP contribution in [0.15, 0.2) is 18.5 Å². The van der Waals surface area contributed by atoms with E-state index in [0.29, 0.717) is 12.5 Å². The van der Waals surface area contributed by atoms with Gasteiger partial charge in [-0.05, 0) is 37.9 Å². The minimum Gasteiger partial charge on any atom is -0.354 e. The molecule has 1 fully saturated rings. The SMILES string of the molecule is Cl.Cl.O=C(Cn1cccn1)NCC1CCCNC1. The minimum absolute atomic E-state index is 0. The third-order valence-electron chi connectivity index (χ3n) is 2.85. The van der Waals surface area contributed by atoms with Gasteiger partial charge < -0.3 is 10.6 Å². The number of hydrogen-bond acceptors (Lipinski definition) is 3. The van der Waals surface area contributed by atoms with Crippen molar-refractivity contribution >= 4 is 30.7 Å². The molecule has 1 atom stereocenters. The van der Waals surface area contributed by atoms with Gasteiger partial charge in [-0.15, -0.1) is 24.8 Å². The Bertz CT molecular complexity index is 326. The maximum Gasteiger partial charge on any atom is 0.241 e. The average Bonchev–Trinajstić information content (AvgIpc) is 2.81. The van der Waals surface area contributed by atoms with Crippen molar-refractivity contribution in [3.05, 3.63) is 18.5 Å². The molecular weight excluding hydrogens is 275 g/mol. The number of aromatic nitrogens is 2. The number of nitrogens with one attached hydrogen (secondary N) is 2. The van der Waals surface area contributed by atoms with Crippen molar-refractivity contribution in [1.82, 2.24) is 20.4 Å². The van der Waals surface area contributed by atoms with Crippen LogP contribution in [0.1, 0.15) is 12.8 Å². The molecule has 0 saturated carbocycles. The standard InChI is InChI=1S/C11H18N4O.2ClH/c16-11(9-15-6-2-5-14-15)13-8-10-3-1-4-12-7-10;;/h2,5-6,10,12H,1,3-4,7-9H2,(H,13,16);2*1H. The van der Waals surface area contributed by atoms with Gasteiger partial charge >= 0.3 is 0 Å². The molecule has 7 heteroatoms. The van der Waals surface area contributed by atoms with Crippen molar-refractivity contribution in [1.29, 1.82) is 0 Å². The summed E-state index contributed by atoms with van der Waals surface area (Å²) in [6, 6.07) is 1.82. The molecule has 18 heavy (non-hydrogen) atoms. The monoisotopic (exact) mass is 294 g/mol. The summed E-state index contributed by atoms with van der Waals surface area (Å²) in [5.41, 5.74) is 0. The Labute approximate surface area is 120 Å². The first-order valence-electron chi connectivity index (χ1n) is 5.79. The molecule has 1 aliphatic heterocycles. The van der Waals surface area contributed by atoms with Gasteiger partial charge in [-0.1, -0.05) is 0 Å². The van der Waals surface area contributed by atoms with Crippen molar-refractivity contribution < 1.29 is 4.79 Å². The van der Waals surface area contributed by atoms with E-state index >= 15 is 0 Å². The summed E-state index contributed by atoms with van der Waals surface area (Å²) >= 11 is 0. The topological polar surface area (TPSA) is 59.0 Å². The zero-order chi connectivity index (χ0) is 11.2. The van der Waals surface area contributed by atoms with Gasteiger partial charge in [-0.25, -0.2) is 0 Å². The third kappa shape index (κ3) is 5.71. The lowest BCUT2D eigenvalue weighted by molar-refractivity contribution is -0.122. The molecule has 1 saturated heterocycles. The number of nitrogens with zero attached hydrogens (tertiary/aromatic N) is 2. The van der Waals surface area contributed by atoms with Gasteiger partial charge in [0.1, 0.15) is 6.54 Å². The molecule has 0 aromatic carbocycles. The Kier molecular flexibility index (Phi) is 8.79. The fraction of sp³-hybridized carbons (Fsp3) is 0.636. The molecule has 2 heterocycles. The highest BCUT2D eigenvalue weighted by Crippen LogP contribution is 2.07. The van der Waals surface area contributed by atoms with Crippen LogP contribution in [0, 0.1) is 5.92 Å². The van der Waals surface area contributed by atoms with Gasteiger partial charge in [0.15, 0.2) is 0 Å². The maximum absolute atomic E-state index is 11.6. The Morgan fingerprint density at radius 1 is 1.50 bits per heavy atom. The van der Waals surface area contributed by atoms with Crippen LogP contribution in [0.2, 0.25) is 0 Å². The van der Waals surface area contributed by atoms with Crippen LogP contribution in [-0.4, -0.2) is 35.3 Å². The smallest absolute Gasteiger partial charge is 0.241 e. The zero-order valence-corrected chi connectivity index (χ0v) is 11.8. The van der Waals surface area contributed by atoms with E-state index in [1.807, 2.05) is 6.07 Å². The van der Waals surface area contributed by atoms with Crippen LogP contribution in [0.4, 0.5) is 0 Å². The Morgan fingerprint density at radius 3 is 2.94 bits per heavy atom. The van der Waals surface area contributed by atoms with Crippen LogP contribution < -0.4 is 10.6 Å². The molecule has 0 bridgehead atoms. The lowest BCUT2D eigenvalue weighted by atomic mass is 10.00. The van der Waals surface area contributed by atoms with Crippen molar-refractivity contribution in [3.63, 3.8) is 0 Å². The fourth-order valence-electron chi connectivity index (χ4n) is 1.95. The second-order valence-electron chi connectivity index (χ2n) is 4.22. The third-order valence-corrected chi connectivity index (χ3v) is 2.85. The highest BCUT2D eigenvalue weighted by atomic mass is 35.5. The molecular formula is C11H20Cl2N4O. The highest BCUT2D eigenvalue weighted by molar-refractivity contribution is 5.85. The second kappa shape index (κ2) is 9.19. The molecule has 0 aliphatic carbocycles. The molecule has 0 radical (unpaired) electrons. The van der Waals surface area contributed by atoms with E-state index in [-0.39, 0.29) is 30.7 Å². The van der Waals surface area contributed by atoms with Crippen LogP contribution >= 0.6 is 24.8 Å². The zero-order valence-electron chi connectivity index (χ0n) is 10.2. The van der Waals surface area contributed by atoms with E-state index in [0.717, 1.165) is 19.6 Å². The number of halogens is 2. The van der Waals surface area contributed by atoms with Crippen molar-refractivity contribution in [2.24, 2.45) is 5.92 Å². The van der Waals surface area contributed by atoms with E-state index in [4.69, 9.17) is 0 Å². The van der Waals surface area contributed by atoms with Crippen LogP contribution in [0.3, 0.4) is 0 Å². The predicted octanol–water partition coefficient (Wildman–Crippen LogP) is 0.842. The average molecular weight is 295 g/mol. The number of piperidine rings is 1. The van der Waals surface area contributed by atoms with Crippen molar-refractivity contribution in [2.75, 3.05) is 19.6 Å². The van der Waals surface area contributed by atoms with Gasteiger partial charge in [0.05, 0.1) is 0 Å². The molecule has 5 nitrogen and oxygen atoms in total. The molecule has 1 aromatic heterocycles. The number of rotatable bonds is 4. The highest BCUT2D eigenvalue weighted by Gasteiger charge is 2.13. The summed E-state index contributed by atoms with van der Waals surface area (Å²) < 4.78 is 1.63. The molecule has 1 aromatic rings. The molecule has 2 N–H and O–H groups in total. The van der Waals surface area contributed by atoms with Crippen LogP contribution in [-0.2, 0) is 11.3 Å². The Balaban J connectivity index is 0.00000144. The first-order valence-corrected chi connectivity index (χ1v) is 5.79. The minimum atomic E-state index is 0. The molecule has 1 amide bonds. The van der Waals surface area contributed by atoms with E-state index in [2.05, 4.69) is 15.7 Å². The summed E-state index contributed by atoms with van der Waals surface area (Å²) in [5, 5.41) is 10.3. The molecule has 2 rings (SSSR count). The van der Waals surface area contributed by atoms with Gasteiger partial charge in [0.2, 0.25) is 5.91 Å². The van der Waals surface area contributed by atoms with E-state index < -0.39 is 0 Å². The van der Waals surface area contributed by atoms with E-state index in [1.165, 1.54) is 12.8 Å². The quantitative estimate of drug-likeness (QED) is 0.865. The van der Waals surface area contributed by atoms with Gasteiger partial charge in [-0.2, -0.15) is 5.10 Å². The van der Waals surface area contributed by atoms with Gasteiger partial charge in [0.25, 0.3) is 0 Å². The normalized spacial score (nSPS) is 18.3. The number of carbonyl (C=O) groups is 1. The first-order chi connectivity index (χ1) is 7.84. The summed E-state index contributed by atoms with van der Waals surface area (Å²) in [6.07, 6.45) is 5.88. The molecule has 0 spiro atoms. The Morgan fingerprint density at radius 2 is 2.33 bits per heavy atom. The summed E-state index contributed by atoms with van der Waals surface area (Å²) in [5.74, 6) is 0.615. The number of hydrogen-bond donors (Lipinski definition) is 2. The van der Waals surface area contributed by atoms with Gasteiger partial charge in [-0.3, -0.25) is 9.48 Å².